The minimum atomic E-state index is -0.597. The molecule has 0 atom stereocenters. The summed E-state index contributed by atoms with van der Waals surface area (Å²) in [6.45, 7) is 0.619. The van der Waals surface area contributed by atoms with Gasteiger partial charge in [-0.1, -0.05) is 6.07 Å². The first-order valence-corrected chi connectivity index (χ1v) is 8.17. The molecule has 9 nitrogen and oxygen atoms in total. The highest BCUT2D eigenvalue weighted by Gasteiger charge is 2.22. The zero-order chi connectivity index (χ0) is 19.4. The van der Waals surface area contributed by atoms with Gasteiger partial charge in [0.05, 0.1) is 11.1 Å². The second-order valence-corrected chi connectivity index (χ2v) is 5.90. The Bertz CT molecular complexity index is 941. The molecule has 1 aliphatic rings. The van der Waals surface area contributed by atoms with Crippen LogP contribution in [0.15, 0.2) is 47.6 Å². The number of carbonyl (C=O) groups excluding carboxylic acids is 2. The number of rotatable bonds is 5. The molecule has 2 aromatic rings. The minimum Gasteiger partial charge on any atom is -0.507 e. The summed E-state index contributed by atoms with van der Waals surface area (Å²) in [4.78, 5) is 35.9. The lowest BCUT2D eigenvalue weighted by Crippen LogP contribution is -2.24. The van der Waals surface area contributed by atoms with Crippen molar-refractivity contribution in [1.82, 2.24) is 5.43 Å². The quantitative estimate of drug-likeness (QED) is 0.475. The summed E-state index contributed by atoms with van der Waals surface area (Å²) >= 11 is 0. The van der Waals surface area contributed by atoms with Crippen LogP contribution in [0.3, 0.4) is 0 Å². The monoisotopic (exact) mass is 368 g/mol. The highest BCUT2D eigenvalue weighted by Crippen LogP contribution is 2.23. The second kappa shape index (κ2) is 7.65. The summed E-state index contributed by atoms with van der Waals surface area (Å²) in [5, 5.41) is 24.2. The first-order chi connectivity index (χ1) is 13.0. The number of hydrogen-bond acceptors (Lipinski definition) is 6. The fraction of sp³-hybridized carbons (Fsp3) is 0.167. The van der Waals surface area contributed by atoms with Crippen molar-refractivity contribution < 1.29 is 19.6 Å². The van der Waals surface area contributed by atoms with Gasteiger partial charge in [0.1, 0.15) is 5.75 Å². The van der Waals surface area contributed by atoms with Crippen LogP contribution < -0.4 is 10.3 Å². The SMILES string of the molecule is O=C(N/N=C\c1cc([N+](=O)[O-])ccc1O)c1cccc(N2CCCC2=O)c1. The van der Waals surface area contributed by atoms with E-state index >= 15 is 0 Å². The van der Waals surface area contributed by atoms with Crippen LogP contribution in [0.5, 0.6) is 5.75 Å². The van der Waals surface area contributed by atoms with Crippen molar-refractivity contribution >= 4 is 29.4 Å². The normalized spacial score (nSPS) is 13.9. The van der Waals surface area contributed by atoms with Gasteiger partial charge in [0.2, 0.25) is 5.91 Å². The number of benzene rings is 2. The van der Waals surface area contributed by atoms with E-state index in [1.54, 1.807) is 29.2 Å². The molecule has 2 aromatic carbocycles. The standard InChI is InChI=1S/C18H16N4O5/c23-16-7-6-15(22(26)27)10-13(16)11-19-20-18(25)12-3-1-4-14(9-12)21-8-2-5-17(21)24/h1,3-4,6-7,9-11,23H,2,5,8H2,(H,20,25)/b19-11-. The van der Waals surface area contributed by atoms with Gasteiger partial charge in [0.15, 0.2) is 0 Å². The van der Waals surface area contributed by atoms with Gasteiger partial charge in [0.25, 0.3) is 11.6 Å². The molecule has 0 unspecified atom stereocenters. The number of amides is 2. The fourth-order valence-corrected chi connectivity index (χ4v) is 2.72. The average Bonchev–Trinajstić information content (AvgIpc) is 3.09. The van der Waals surface area contributed by atoms with E-state index in [-0.39, 0.29) is 22.9 Å². The molecule has 9 heteroatoms. The number of hydrazone groups is 1. The molecule has 1 fully saturated rings. The summed E-state index contributed by atoms with van der Waals surface area (Å²) in [5.41, 5.74) is 3.15. The van der Waals surface area contributed by atoms with Crippen LogP contribution in [0.2, 0.25) is 0 Å². The predicted octanol–water partition coefficient (Wildman–Crippen LogP) is 2.19. The van der Waals surface area contributed by atoms with Gasteiger partial charge in [-0.25, -0.2) is 5.43 Å². The van der Waals surface area contributed by atoms with Crippen molar-refractivity contribution in [2.75, 3.05) is 11.4 Å². The largest absolute Gasteiger partial charge is 0.507 e. The molecule has 1 aliphatic heterocycles. The molecule has 27 heavy (non-hydrogen) atoms. The number of non-ortho nitro benzene ring substituents is 1. The van der Waals surface area contributed by atoms with Gasteiger partial charge in [0, 0.05) is 41.9 Å². The van der Waals surface area contributed by atoms with Crippen LogP contribution in [0, 0.1) is 10.1 Å². The van der Waals surface area contributed by atoms with Crippen LogP contribution in [0.25, 0.3) is 0 Å². The molecular weight excluding hydrogens is 352 g/mol. The van der Waals surface area contributed by atoms with Gasteiger partial charge in [-0.3, -0.25) is 19.7 Å². The number of anilines is 1. The number of nitro groups is 1. The number of nitro benzene ring substituents is 1. The molecule has 2 N–H and O–H groups in total. The highest BCUT2D eigenvalue weighted by molar-refractivity contribution is 5.99. The van der Waals surface area contributed by atoms with Gasteiger partial charge in [-0.2, -0.15) is 5.10 Å². The van der Waals surface area contributed by atoms with Crippen LogP contribution in [0.4, 0.5) is 11.4 Å². The van der Waals surface area contributed by atoms with E-state index in [2.05, 4.69) is 10.5 Å². The summed E-state index contributed by atoms with van der Waals surface area (Å²) in [6.07, 6.45) is 2.40. The van der Waals surface area contributed by atoms with Crippen LogP contribution in [0.1, 0.15) is 28.8 Å². The van der Waals surface area contributed by atoms with Gasteiger partial charge < -0.3 is 10.0 Å². The van der Waals surface area contributed by atoms with E-state index in [1.165, 1.54) is 6.07 Å². The van der Waals surface area contributed by atoms with Crippen LogP contribution in [-0.4, -0.2) is 34.6 Å². The molecule has 138 valence electrons. The van der Waals surface area contributed by atoms with E-state index in [9.17, 15) is 24.8 Å². The first kappa shape index (κ1) is 18.1. The van der Waals surface area contributed by atoms with Gasteiger partial charge >= 0.3 is 0 Å². The number of carbonyl (C=O) groups is 2. The molecule has 0 aromatic heterocycles. The van der Waals surface area contributed by atoms with Crippen molar-refractivity contribution in [1.29, 1.82) is 0 Å². The summed E-state index contributed by atoms with van der Waals surface area (Å²) in [6, 6.07) is 10.1. The van der Waals surface area contributed by atoms with Crippen molar-refractivity contribution in [2.24, 2.45) is 5.10 Å². The van der Waals surface area contributed by atoms with Crippen molar-refractivity contribution in [3.05, 3.63) is 63.7 Å². The Labute approximate surface area is 154 Å². The molecule has 0 saturated carbocycles. The van der Waals surface area contributed by atoms with Crippen LogP contribution >= 0.6 is 0 Å². The molecule has 0 bridgehead atoms. The Morgan fingerprint density at radius 3 is 2.81 bits per heavy atom. The van der Waals surface area contributed by atoms with Gasteiger partial charge in [-0.05, 0) is 30.7 Å². The molecule has 0 radical (unpaired) electrons. The maximum Gasteiger partial charge on any atom is 0.271 e. The summed E-state index contributed by atoms with van der Waals surface area (Å²) in [7, 11) is 0. The van der Waals surface area contributed by atoms with E-state index in [0.717, 1.165) is 24.8 Å². The lowest BCUT2D eigenvalue weighted by atomic mass is 10.2. The molecule has 1 heterocycles. The number of phenolic OH excluding ortho intramolecular Hbond substituents is 1. The Kier molecular flexibility index (Phi) is 5.11. The number of aromatic hydroxyl groups is 1. The van der Waals surface area contributed by atoms with Crippen molar-refractivity contribution in [3.8, 4) is 5.75 Å². The van der Waals surface area contributed by atoms with E-state index in [4.69, 9.17) is 0 Å². The summed E-state index contributed by atoms with van der Waals surface area (Å²) < 4.78 is 0. The first-order valence-electron chi connectivity index (χ1n) is 8.17. The number of nitrogens with zero attached hydrogens (tertiary/aromatic N) is 3. The molecule has 3 rings (SSSR count). The highest BCUT2D eigenvalue weighted by atomic mass is 16.6. The van der Waals surface area contributed by atoms with Gasteiger partial charge in [-0.15, -0.1) is 0 Å². The van der Waals surface area contributed by atoms with E-state index < -0.39 is 10.8 Å². The second-order valence-electron chi connectivity index (χ2n) is 5.90. The van der Waals surface area contributed by atoms with Crippen LogP contribution in [-0.2, 0) is 4.79 Å². The molecule has 0 aliphatic carbocycles. The zero-order valence-corrected chi connectivity index (χ0v) is 14.2. The maximum absolute atomic E-state index is 12.2. The third-order valence-electron chi connectivity index (χ3n) is 4.09. The third kappa shape index (κ3) is 4.09. The lowest BCUT2D eigenvalue weighted by molar-refractivity contribution is -0.384. The smallest absolute Gasteiger partial charge is 0.271 e. The molecular formula is C18H16N4O5. The van der Waals surface area contributed by atoms with Crippen molar-refractivity contribution in [2.45, 2.75) is 12.8 Å². The number of phenols is 1. The molecule has 2 amide bonds. The maximum atomic E-state index is 12.2. The average molecular weight is 368 g/mol. The number of hydrogen-bond donors (Lipinski definition) is 2. The Hall–Kier alpha value is -3.75. The predicted molar refractivity (Wildman–Crippen MR) is 97.9 cm³/mol. The number of nitrogens with one attached hydrogen (secondary N) is 1. The third-order valence-corrected chi connectivity index (χ3v) is 4.09. The topological polar surface area (TPSA) is 125 Å². The fourth-order valence-electron chi connectivity index (χ4n) is 2.72. The molecule has 0 spiro atoms. The Morgan fingerprint density at radius 1 is 1.30 bits per heavy atom. The van der Waals surface area contributed by atoms with E-state index in [1.807, 2.05) is 0 Å². The Morgan fingerprint density at radius 2 is 2.11 bits per heavy atom. The Balaban J connectivity index is 1.71. The minimum absolute atomic E-state index is 0.0201. The lowest BCUT2D eigenvalue weighted by Gasteiger charge is -2.16. The molecule has 1 saturated heterocycles. The zero-order valence-electron chi connectivity index (χ0n) is 14.2. The van der Waals surface area contributed by atoms with E-state index in [0.29, 0.717) is 24.2 Å². The summed E-state index contributed by atoms with van der Waals surface area (Å²) in [5.74, 6) is -0.690. The van der Waals surface area contributed by atoms with Crippen molar-refractivity contribution in [3.63, 3.8) is 0 Å².